The van der Waals surface area contributed by atoms with Crippen molar-refractivity contribution in [3.8, 4) is 5.95 Å². The molecule has 0 bridgehead atoms. The number of anilines is 2. The highest BCUT2D eigenvalue weighted by Crippen LogP contribution is 2.09. The molecule has 0 radical (unpaired) electrons. The van der Waals surface area contributed by atoms with E-state index in [1.807, 2.05) is 6.92 Å². The van der Waals surface area contributed by atoms with Gasteiger partial charge in [0, 0.05) is 32.6 Å². The van der Waals surface area contributed by atoms with Gasteiger partial charge >= 0.3 is 0 Å². The Morgan fingerprint density at radius 1 is 1.32 bits per heavy atom. The number of aliphatic hydroxyl groups excluding tert-OH is 1. The summed E-state index contributed by atoms with van der Waals surface area (Å²) in [6, 6.07) is 0. The van der Waals surface area contributed by atoms with Crippen LogP contribution in [-0.4, -0.2) is 49.8 Å². The van der Waals surface area contributed by atoms with Crippen LogP contribution in [0.15, 0.2) is 18.7 Å². The predicted octanol–water partition coefficient (Wildman–Crippen LogP) is 0.139. The van der Waals surface area contributed by atoms with E-state index in [9.17, 15) is 0 Å². The Balaban J connectivity index is 2.21. The Kier molecular flexibility index (Phi) is 4.24. The Morgan fingerprint density at radius 3 is 2.74 bits per heavy atom. The van der Waals surface area contributed by atoms with E-state index < -0.39 is 0 Å². The highest BCUT2D eigenvalue weighted by molar-refractivity contribution is 5.37. The summed E-state index contributed by atoms with van der Waals surface area (Å²) < 4.78 is 1.70. The van der Waals surface area contributed by atoms with Gasteiger partial charge in [-0.2, -0.15) is 15.0 Å². The fourth-order valence-corrected chi connectivity index (χ4v) is 1.38. The summed E-state index contributed by atoms with van der Waals surface area (Å²) >= 11 is 0. The monoisotopic (exact) mass is 263 g/mol. The van der Waals surface area contributed by atoms with Gasteiger partial charge in [0.25, 0.3) is 0 Å². The lowest BCUT2D eigenvalue weighted by Gasteiger charge is -2.11. The molecule has 1 atom stereocenters. The van der Waals surface area contributed by atoms with Crippen molar-refractivity contribution < 1.29 is 5.11 Å². The topological polar surface area (TPSA) is 101 Å². The van der Waals surface area contributed by atoms with Crippen molar-refractivity contribution in [2.24, 2.45) is 5.92 Å². The summed E-state index contributed by atoms with van der Waals surface area (Å²) in [5.74, 6) is 1.55. The number of nitrogens with zero attached hydrogens (tertiary/aromatic N) is 5. The number of rotatable bonds is 6. The zero-order valence-electron chi connectivity index (χ0n) is 10.9. The molecule has 0 aliphatic heterocycles. The van der Waals surface area contributed by atoms with E-state index in [4.69, 9.17) is 5.11 Å². The van der Waals surface area contributed by atoms with Crippen LogP contribution in [0.4, 0.5) is 11.9 Å². The maximum atomic E-state index is 9.00. The summed E-state index contributed by atoms with van der Waals surface area (Å²) in [7, 11) is 1.74. The normalized spacial score (nSPS) is 12.2. The summed E-state index contributed by atoms with van der Waals surface area (Å²) in [5, 5.41) is 15.0. The standard InChI is InChI=1S/C11H17N7O/c1-8(6-19)5-14-10-15-9(12-2)16-11(17-10)18-4-3-13-7-18/h3-4,7-8,19H,5-6H2,1-2H3,(H2,12,14,15,16,17). The molecule has 19 heavy (non-hydrogen) atoms. The molecule has 0 saturated heterocycles. The molecule has 0 amide bonds. The molecule has 8 nitrogen and oxygen atoms in total. The second kappa shape index (κ2) is 6.10. The van der Waals surface area contributed by atoms with Gasteiger partial charge in [-0.1, -0.05) is 6.92 Å². The van der Waals surface area contributed by atoms with Crippen LogP contribution in [-0.2, 0) is 0 Å². The van der Waals surface area contributed by atoms with Crippen molar-refractivity contribution >= 4 is 11.9 Å². The van der Waals surface area contributed by atoms with E-state index in [1.165, 1.54) is 0 Å². The van der Waals surface area contributed by atoms with Crippen molar-refractivity contribution in [3.05, 3.63) is 18.7 Å². The second-order valence-corrected chi connectivity index (χ2v) is 4.17. The van der Waals surface area contributed by atoms with Crippen LogP contribution in [0.2, 0.25) is 0 Å². The van der Waals surface area contributed by atoms with E-state index in [1.54, 1.807) is 30.3 Å². The third kappa shape index (κ3) is 3.38. The van der Waals surface area contributed by atoms with Gasteiger partial charge in [0.2, 0.25) is 17.8 Å². The predicted molar refractivity (Wildman–Crippen MR) is 71.2 cm³/mol. The van der Waals surface area contributed by atoms with Gasteiger partial charge in [-0.15, -0.1) is 0 Å². The van der Waals surface area contributed by atoms with Gasteiger partial charge in [-0.3, -0.25) is 4.57 Å². The number of aromatic nitrogens is 5. The molecule has 2 aromatic rings. The molecule has 0 aliphatic carbocycles. The maximum Gasteiger partial charge on any atom is 0.241 e. The minimum absolute atomic E-state index is 0.116. The molecular weight excluding hydrogens is 246 g/mol. The summed E-state index contributed by atoms with van der Waals surface area (Å²) in [6.45, 7) is 2.64. The van der Waals surface area contributed by atoms with Crippen molar-refractivity contribution in [2.45, 2.75) is 6.92 Å². The molecule has 0 aromatic carbocycles. The lowest BCUT2D eigenvalue weighted by atomic mass is 10.2. The largest absolute Gasteiger partial charge is 0.396 e. The average molecular weight is 263 g/mol. The first-order valence-electron chi connectivity index (χ1n) is 6.00. The molecule has 1 unspecified atom stereocenters. The lowest BCUT2D eigenvalue weighted by molar-refractivity contribution is 0.244. The van der Waals surface area contributed by atoms with E-state index in [0.717, 1.165) is 0 Å². The first-order valence-corrected chi connectivity index (χ1v) is 6.00. The fourth-order valence-electron chi connectivity index (χ4n) is 1.38. The van der Waals surface area contributed by atoms with Gasteiger partial charge in [0.15, 0.2) is 0 Å². The number of hydrogen-bond acceptors (Lipinski definition) is 7. The Bertz CT molecular complexity index is 514. The zero-order chi connectivity index (χ0) is 13.7. The minimum Gasteiger partial charge on any atom is -0.396 e. The van der Waals surface area contributed by atoms with E-state index in [-0.39, 0.29) is 12.5 Å². The maximum absolute atomic E-state index is 9.00. The van der Waals surface area contributed by atoms with Crippen LogP contribution in [0, 0.1) is 5.92 Å². The van der Waals surface area contributed by atoms with Crippen molar-refractivity contribution in [2.75, 3.05) is 30.8 Å². The van der Waals surface area contributed by atoms with Gasteiger partial charge in [-0.05, 0) is 5.92 Å². The third-order valence-corrected chi connectivity index (χ3v) is 2.50. The quantitative estimate of drug-likeness (QED) is 0.681. The number of hydrogen-bond donors (Lipinski definition) is 3. The number of nitrogens with one attached hydrogen (secondary N) is 2. The second-order valence-electron chi connectivity index (χ2n) is 4.17. The highest BCUT2D eigenvalue weighted by Gasteiger charge is 2.08. The van der Waals surface area contributed by atoms with Crippen LogP contribution in [0.3, 0.4) is 0 Å². The SMILES string of the molecule is CNc1nc(NCC(C)CO)nc(-n2ccnc2)n1. The molecule has 0 spiro atoms. The first kappa shape index (κ1) is 13.2. The van der Waals surface area contributed by atoms with Gasteiger partial charge in [0.1, 0.15) is 6.33 Å². The molecule has 8 heteroatoms. The summed E-state index contributed by atoms with van der Waals surface area (Å²) in [5.41, 5.74) is 0. The third-order valence-electron chi connectivity index (χ3n) is 2.50. The molecule has 2 heterocycles. The molecule has 0 aliphatic rings. The molecule has 2 aromatic heterocycles. The first-order chi connectivity index (χ1) is 9.22. The van der Waals surface area contributed by atoms with Gasteiger partial charge < -0.3 is 15.7 Å². The Morgan fingerprint density at radius 2 is 2.11 bits per heavy atom. The van der Waals surface area contributed by atoms with Crippen LogP contribution in [0.1, 0.15) is 6.92 Å². The lowest BCUT2D eigenvalue weighted by Crippen LogP contribution is -2.17. The number of aliphatic hydroxyl groups is 1. The summed E-state index contributed by atoms with van der Waals surface area (Å²) in [6.07, 6.45) is 5.04. The van der Waals surface area contributed by atoms with Crippen molar-refractivity contribution in [1.29, 1.82) is 0 Å². The average Bonchev–Trinajstić information content (AvgIpc) is 2.98. The van der Waals surface area contributed by atoms with E-state index in [2.05, 4.69) is 30.6 Å². The Hall–Kier alpha value is -2.22. The van der Waals surface area contributed by atoms with Crippen LogP contribution in [0.25, 0.3) is 5.95 Å². The van der Waals surface area contributed by atoms with Gasteiger partial charge in [-0.25, -0.2) is 4.98 Å². The van der Waals surface area contributed by atoms with Crippen molar-refractivity contribution in [3.63, 3.8) is 0 Å². The highest BCUT2D eigenvalue weighted by atomic mass is 16.3. The molecule has 102 valence electrons. The van der Waals surface area contributed by atoms with Crippen LogP contribution >= 0.6 is 0 Å². The van der Waals surface area contributed by atoms with Gasteiger partial charge in [0.05, 0.1) is 0 Å². The van der Waals surface area contributed by atoms with E-state index in [0.29, 0.717) is 24.4 Å². The fraction of sp³-hybridized carbons (Fsp3) is 0.455. The molecule has 0 saturated carbocycles. The van der Waals surface area contributed by atoms with Crippen molar-refractivity contribution in [1.82, 2.24) is 24.5 Å². The molecule has 2 rings (SSSR count). The van der Waals surface area contributed by atoms with E-state index >= 15 is 0 Å². The Labute approximate surface area is 111 Å². The molecule has 0 fully saturated rings. The minimum atomic E-state index is 0.116. The van der Waals surface area contributed by atoms with Crippen LogP contribution < -0.4 is 10.6 Å². The number of imidazole rings is 1. The zero-order valence-corrected chi connectivity index (χ0v) is 10.9. The van der Waals surface area contributed by atoms with Crippen LogP contribution in [0.5, 0.6) is 0 Å². The smallest absolute Gasteiger partial charge is 0.241 e. The molecular formula is C11H17N7O. The molecule has 3 N–H and O–H groups in total. The summed E-state index contributed by atoms with van der Waals surface area (Å²) in [4.78, 5) is 16.7.